The zero-order valence-corrected chi connectivity index (χ0v) is 12.2. The lowest BCUT2D eigenvalue weighted by molar-refractivity contribution is 0.644. The molecule has 3 rings (SSSR count). The molecule has 0 saturated heterocycles. The average Bonchev–Trinajstić information content (AvgIpc) is 3.04. The fraction of sp³-hybridized carbons (Fsp3) is 0.385. The lowest BCUT2D eigenvalue weighted by atomic mass is 10.3. The Balaban J connectivity index is 1.94. The number of aryl methyl sites for hydroxylation is 4. The van der Waals surface area contributed by atoms with Gasteiger partial charge in [0.1, 0.15) is 5.52 Å². The van der Waals surface area contributed by atoms with Gasteiger partial charge in [-0.1, -0.05) is 0 Å². The van der Waals surface area contributed by atoms with Crippen molar-refractivity contribution >= 4 is 22.4 Å². The maximum atomic E-state index is 12.5. The van der Waals surface area contributed by atoms with Gasteiger partial charge in [-0.25, -0.2) is 9.97 Å². The van der Waals surface area contributed by atoms with Gasteiger partial charge in [0.15, 0.2) is 5.52 Å². The monoisotopic (exact) mass is 289 g/mol. The molecule has 0 bridgehead atoms. The highest BCUT2D eigenvalue weighted by Crippen LogP contribution is 2.13. The van der Waals surface area contributed by atoms with Crippen molar-refractivity contribution in [3.05, 3.63) is 39.0 Å². The Kier molecular flexibility index (Phi) is 3.35. The number of rotatable bonds is 4. The standard InChI is InChI=1S/C13H15N5OS/c1-3-18-12-10(6-16-18)14-7-17(13(12)19)5-4-11-9(2)15-8-20-11/h6-8H,3-5H2,1-2H3. The highest BCUT2D eigenvalue weighted by Gasteiger charge is 2.10. The highest BCUT2D eigenvalue weighted by molar-refractivity contribution is 7.09. The van der Waals surface area contributed by atoms with Gasteiger partial charge < -0.3 is 0 Å². The van der Waals surface area contributed by atoms with Crippen molar-refractivity contribution in [3.8, 4) is 0 Å². The summed E-state index contributed by atoms with van der Waals surface area (Å²) < 4.78 is 3.34. The second-order valence-corrected chi connectivity index (χ2v) is 5.49. The van der Waals surface area contributed by atoms with Gasteiger partial charge in [0.2, 0.25) is 0 Å². The minimum Gasteiger partial charge on any atom is -0.297 e. The van der Waals surface area contributed by atoms with Gasteiger partial charge in [-0.2, -0.15) is 5.10 Å². The number of nitrogens with zero attached hydrogens (tertiary/aromatic N) is 5. The minimum absolute atomic E-state index is 0.0310. The first-order valence-corrected chi connectivity index (χ1v) is 7.38. The third kappa shape index (κ3) is 2.14. The fourth-order valence-electron chi connectivity index (χ4n) is 2.20. The molecular formula is C13H15N5OS. The van der Waals surface area contributed by atoms with Crippen molar-refractivity contribution in [2.45, 2.75) is 33.4 Å². The maximum absolute atomic E-state index is 12.5. The van der Waals surface area contributed by atoms with E-state index < -0.39 is 0 Å². The van der Waals surface area contributed by atoms with Gasteiger partial charge in [-0.3, -0.25) is 14.0 Å². The van der Waals surface area contributed by atoms with E-state index in [1.807, 2.05) is 19.4 Å². The average molecular weight is 289 g/mol. The van der Waals surface area contributed by atoms with Crippen LogP contribution in [0, 0.1) is 6.92 Å². The van der Waals surface area contributed by atoms with Crippen LogP contribution in [0.5, 0.6) is 0 Å². The fourth-order valence-corrected chi connectivity index (χ4v) is 2.97. The van der Waals surface area contributed by atoms with E-state index in [9.17, 15) is 4.79 Å². The van der Waals surface area contributed by atoms with Crippen LogP contribution in [0.15, 0.2) is 22.8 Å². The highest BCUT2D eigenvalue weighted by atomic mass is 32.1. The Bertz CT molecular complexity index is 801. The number of aromatic nitrogens is 5. The van der Waals surface area contributed by atoms with Crippen LogP contribution >= 0.6 is 11.3 Å². The van der Waals surface area contributed by atoms with Crippen LogP contribution in [0.4, 0.5) is 0 Å². The quantitative estimate of drug-likeness (QED) is 0.732. The molecule has 7 heteroatoms. The molecule has 0 aliphatic heterocycles. The van der Waals surface area contributed by atoms with E-state index in [1.54, 1.807) is 33.1 Å². The summed E-state index contributed by atoms with van der Waals surface area (Å²) in [5.74, 6) is 0. The molecule has 3 aromatic rings. The molecule has 0 atom stereocenters. The van der Waals surface area contributed by atoms with E-state index in [1.165, 1.54) is 4.88 Å². The molecule has 20 heavy (non-hydrogen) atoms. The molecule has 3 aromatic heterocycles. The van der Waals surface area contributed by atoms with E-state index in [0.717, 1.165) is 12.1 Å². The molecule has 6 nitrogen and oxygen atoms in total. The zero-order chi connectivity index (χ0) is 14.1. The van der Waals surface area contributed by atoms with Crippen molar-refractivity contribution in [1.82, 2.24) is 24.3 Å². The Hall–Kier alpha value is -2.02. The third-order valence-corrected chi connectivity index (χ3v) is 4.34. The van der Waals surface area contributed by atoms with E-state index >= 15 is 0 Å². The van der Waals surface area contributed by atoms with Gasteiger partial charge in [-0.15, -0.1) is 11.3 Å². The lowest BCUT2D eigenvalue weighted by Crippen LogP contribution is -2.23. The molecule has 0 radical (unpaired) electrons. The van der Waals surface area contributed by atoms with Gasteiger partial charge in [0.05, 0.1) is 23.7 Å². The summed E-state index contributed by atoms with van der Waals surface area (Å²) in [7, 11) is 0. The second-order valence-electron chi connectivity index (χ2n) is 4.55. The van der Waals surface area contributed by atoms with Crippen LogP contribution in [0.1, 0.15) is 17.5 Å². The topological polar surface area (TPSA) is 65.6 Å². The summed E-state index contributed by atoms with van der Waals surface area (Å²) in [5, 5.41) is 4.17. The van der Waals surface area contributed by atoms with E-state index in [4.69, 9.17) is 0 Å². The van der Waals surface area contributed by atoms with Gasteiger partial charge >= 0.3 is 0 Å². The second kappa shape index (κ2) is 5.16. The number of hydrogen-bond acceptors (Lipinski definition) is 5. The molecule has 0 fully saturated rings. The zero-order valence-electron chi connectivity index (χ0n) is 11.4. The first-order valence-electron chi connectivity index (χ1n) is 6.50. The summed E-state index contributed by atoms with van der Waals surface area (Å²) in [5.41, 5.74) is 4.08. The largest absolute Gasteiger partial charge is 0.297 e. The molecule has 0 spiro atoms. The van der Waals surface area contributed by atoms with Crippen LogP contribution < -0.4 is 5.56 Å². The molecule has 0 aliphatic rings. The summed E-state index contributed by atoms with van der Waals surface area (Å²) in [6, 6.07) is 0. The molecular weight excluding hydrogens is 274 g/mol. The summed E-state index contributed by atoms with van der Waals surface area (Å²) in [6.45, 7) is 5.23. The van der Waals surface area contributed by atoms with Crippen LogP contribution in [-0.4, -0.2) is 24.3 Å². The van der Waals surface area contributed by atoms with Gasteiger partial charge in [-0.05, 0) is 13.8 Å². The van der Waals surface area contributed by atoms with E-state index in [2.05, 4.69) is 15.1 Å². The van der Waals surface area contributed by atoms with E-state index in [0.29, 0.717) is 24.1 Å². The van der Waals surface area contributed by atoms with E-state index in [-0.39, 0.29) is 5.56 Å². The smallest absolute Gasteiger partial charge is 0.279 e. The van der Waals surface area contributed by atoms with Gasteiger partial charge in [0.25, 0.3) is 5.56 Å². The van der Waals surface area contributed by atoms with Crippen LogP contribution in [-0.2, 0) is 19.5 Å². The Labute approximate surface area is 119 Å². The first kappa shape index (κ1) is 13.0. The Morgan fingerprint density at radius 1 is 1.35 bits per heavy atom. The summed E-state index contributed by atoms with van der Waals surface area (Å²) in [6.07, 6.45) is 4.03. The SMILES string of the molecule is CCn1ncc2ncn(CCc3scnc3C)c(=O)c21. The molecule has 104 valence electrons. The minimum atomic E-state index is -0.0310. The van der Waals surface area contributed by atoms with Crippen LogP contribution in [0.25, 0.3) is 11.0 Å². The van der Waals surface area contributed by atoms with Crippen molar-refractivity contribution in [2.75, 3.05) is 0 Å². The lowest BCUT2D eigenvalue weighted by Gasteiger charge is -2.05. The molecule has 0 aromatic carbocycles. The predicted molar refractivity (Wildman–Crippen MR) is 78.0 cm³/mol. The number of hydrogen-bond donors (Lipinski definition) is 0. The van der Waals surface area contributed by atoms with Gasteiger partial charge in [0, 0.05) is 24.4 Å². The normalized spacial score (nSPS) is 11.3. The molecule has 0 aliphatic carbocycles. The van der Waals surface area contributed by atoms with Crippen LogP contribution in [0.2, 0.25) is 0 Å². The predicted octanol–water partition coefficient (Wildman–Crippen LogP) is 1.62. The van der Waals surface area contributed by atoms with Crippen molar-refractivity contribution in [2.24, 2.45) is 0 Å². The Morgan fingerprint density at radius 2 is 2.20 bits per heavy atom. The number of fused-ring (bicyclic) bond motifs is 1. The molecule has 0 saturated carbocycles. The molecule has 0 N–H and O–H groups in total. The summed E-state index contributed by atoms with van der Waals surface area (Å²) >= 11 is 1.62. The summed E-state index contributed by atoms with van der Waals surface area (Å²) in [4.78, 5) is 22.2. The Morgan fingerprint density at radius 3 is 2.90 bits per heavy atom. The van der Waals surface area contributed by atoms with Crippen molar-refractivity contribution in [1.29, 1.82) is 0 Å². The first-order chi connectivity index (χ1) is 9.70. The van der Waals surface area contributed by atoms with Crippen molar-refractivity contribution in [3.63, 3.8) is 0 Å². The van der Waals surface area contributed by atoms with Crippen LogP contribution in [0.3, 0.4) is 0 Å². The molecule has 3 heterocycles. The molecule has 0 amide bonds. The maximum Gasteiger partial charge on any atom is 0.279 e. The third-order valence-electron chi connectivity index (χ3n) is 3.34. The molecule has 0 unspecified atom stereocenters. The van der Waals surface area contributed by atoms with Crippen molar-refractivity contribution < 1.29 is 0 Å². The number of thiazole rings is 1.